The summed E-state index contributed by atoms with van der Waals surface area (Å²) < 4.78 is 2.85. The maximum absolute atomic E-state index is 12.5. The zero-order valence-electron chi connectivity index (χ0n) is 14.5. The first-order valence-electron chi connectivity index (χ1n) is 8.19. The Morgan fingerprint density at radius 1 is 1.26 bits per heavy atom. The minimum atomic E-state index is 0.0185. The Labute approximate surface area is 168 Å². The van der Waals surface area contributed by atoms with Gasteiger partial charge >= 0.3 is 0 Å². The van der Waals surface area contributed by atoms with Crippen molar-refractivity contribution in [3.63, 3.8) is 0 Å². The number of thiazole rings is 1. The number of tetrazole rings is 1. The molecule has 10 heteroatoms. The third-order valence-electron chi connectivity index (χ3n) is 3.85. The Kier molecular flexibility index (Phi) is 5.46. The number of benzene rings is 1. The minimum absolute atomic E-state index is 0.0185. The first-order chi connectivity index (χ1) is 13.2. The number of hydrogen-bond acceptors (Lipinski definition) is 8. The van der Waals surface area contributed by atoms with Crippen LogP contribution < -0.4 is 0 Å². The summed E-state index contributed by atoms with van der Waals surface area (Å²) in [7, 11) is 1.80. The van der Waals surface area contributed by atoms with E-state index >= 15 is 0 Å². The second-order valence-electron chi connectivity index (χ2n) is 5.81. The SMILES string of the molecule is CN(Cc1nc2ccccc2s1)C(=O)CSc1nnnn1Cc1cccs1. The Morgan fingerprint density at radius 3 is 2.96 bits per heavy atom. The molecule has 0 saturated carbocycles. The van der Waals surface area contributed by atoms with E-state index < -0.39 is 0 Å². The van der Waals surface area contributed by atoms with Crippen LogP contribution in [-0.2, 0) is 17.9 Å². The fourth-order valence-corrected chi connectivity index (χ4v) is 4.99. The lowest BCUT2D eigenvalue weighted by Crippen LogP contribution is -2.27. The Bertz CT molecular complexity index is 1010. The zero-order valence-corrected chi connectivity index (χ0v) is 16.9. The van der Waals surface area contributed by atoms with E-state index in [4.69, 9.17) is 0 Å². The van der Waals surface area contributed by atoms with E-state index in [1.165, 1.54) is 16.6 Å². The third kappa shape index (κ3) is 4.34. The van der Waals surface area contributed by atoms with Crippen LogP contribution in [0.2, 0.25) is 0 Å². The van der Waals surface area contributed by atoms with Gasteiger partial charge in [-0.15, -0.1) is 27.8 Å². The molecule has 0 saturated heterocycles. The largest absolute Gasteiger partial charge is 0.338 e. The van der Waals surface area contributed by atoms with Crippen molar-refractivity contribution < 1.29 is 4.79 Å². The summed E-state index contributed by atoms with van der Waals surface area (Å²) >= 11 is 4.62. The second kappa shape index (κ2) is 8.15. The van der Waals surface area contributed by atoms with Crippen molar-refractivity contribution in [1.82, 2.24) is 30.1 Å². The Hall–Kier alpha value is -2.30. The number of nitrogens with zero attached hydrogens (tertiary/aromatic N) is 6. The highest BCUT2D eigenvalue weighted by Crippen LogP contribution is 2.23. The summed E-state index contributed by atoms with van der Waals surface area (Å²) in [6, 6.07) is 12.0. The van der Waals surface area contributed by atoms with Gasteiger partial charge in [-0.3, -0.25) is 4.79 Å². The first-order valence-corrected chi connectivity index (χ1v) is 10.9. The summed E-state index contributed by atoms with van der Waals surface area (Å²) in [4.78, 5) is 19.9. The molecule has 0 fully saturated rings. The molecule has 0 atom stereocenters. The molecule has 0 aliphatic heterocycles. The molecule has 0 N–H and O–H groups in total. The van der Waals surface area contributed by atoms with E-state index in [0.29, 0.717) is 18.2 Å². The fourth-order valence-electron chi connectivity index (χ4n) is 2.46. The molecule has 0 aliphatic carbocycles. The van der Waals surface area contributed by atoms with E-state index in [1.54, 1.807) is 39.3 Å². The van der Waals surface area contributed by atoms with Crippen molar-refractivity contribution in [1.29, 1.82) is 0 Å². The highest BCUT2D eigenvalue weighted by molar-refractivity contribution is 7.99. The zero-order chi connectivity index (χ0) is 18.6. The molecule has 1 aromatic carbocycles. The van der Waals surface area contributed by atoms with Crippen molar-refractivity contribution in [2.24, 2.45) is 0 Å². The predicted molar refractivity (Wildman–Crippen MR) is 108 cm³/mol. The Balaban J connectivity index is 1.34. The van der Waals surface area contributed by atoms with Crippen molar-refractivity contribution in [3.8, 4) is 0 Å². The van der Waals surface area contributed by atoms with E-state index in [1.807, 2.05) is 41.8 Å². The molecule has 3 aromatic heterocycles. The number of carbonyl (C=O) groups excluding carboxylic acids is 1. The number of hydrogen-bond donors (Lipinski definition) is 0. The number of rotatable bonds is 7. The van der Waals surface area contributed by atoms with Gasteiger partial charge in [0.1, 0.15) is 5.01 Å². The number of thioether (sulfide) groups is 1. The number of para-hydroxylation sites is 1. The molecule has 0 radical (unpaired) electrons. The monoisotopic (exact) mass is 416 g/mol. The average molecular weight is 417 g/mol. The molecule has 4 rings (SSSR count). The normalized spacial score (nSPS) is 11.1. The molecule has 0 unspecified atom stereocenters. The van der Waals surface area contributed by atoms with Crippen molar-refractivity contribution in [2.75, 3.05) is 12.8 Å². The summed E-state index contributed by atoms with van der Waals surface area (Å²) in [6.07, 6.45) is 0. The van der Waals surface area contributed by atoms with E-state index in [0.717, 1.165) is 15.2 Å². The van der Waals surface area contributed by atoms with Crippen LogP contribution in [0.15, 0.2) is 46.9 Å². The lowest BCUT2D eigenvalue weighted by molar-refractivity contribution is -0.127. The summed E-state index contributed by atoms with van der Waals surface area (Å²) in [5.74, 6) is 0.302. The van der Waals surface area contributed by atoms with Gasteiger partial charge in [0.25, 0.3) is 0 Å². The van der Waals surface area contributed by atoms with Crippen LogP contribution in [-0.4, -0.2) is 48.8 Å². The van der Waals surface area contributed by atoms with Gasteiger partial charge in [-0.2, -0.15) is 0 Å². The molecular weight excluding hydrogens is 400 g/mol. The van der Waals surface area contributed by atoms with Crippen LogP contribution in [0.5, 0.6) is 0 Å². The summed E-state index contributed by atoms with van der Waals surface area (Å²) in [5.41, 5.74) is 0.973. The lowest BCUT2D eigenvalue weighted by atomic mass is 10.3. The van der Waals surface area contributed by atoms with Crippen molar-refractivity contribution >= 4 is 50.6 Å². The van der Waals surface area contributed by atoms with E-state index in [-0.39, 0.29) is 11.7 Å². The number of aromatic nitrogens is 5. The maximum atomic E-state index is 12.5. The van der Waals surface area contributed by atoms with Crippen LogP contribution in [0.1, 0.15) is 9.88 Å². The number of carbonyl (C=O) groups is 1. The van der Waals surface area contributed by atoms with Gasteiger partial charge in [-0.25, -0.2) is 9.67 Å². The van der Waals surface area contributed by atoms with Gasteiger partial charge in [0.2, 0.25) is 11.1 Å². The molecule has 27 heavy (non-hydrogen) atoms. The van der Waals surface area contributed by atoms with Crippen LogP contribution in [0.3, 0.4) is 0 Å². The molecule has 4 aromatic rings. The third-order valence-corrected chi connectivity index (χ3v) is 6.67. The lowest BCUT2D eigenvalue weighted by Gasteiger charge is -2.15. The van der Waals surface area contributed by atoms with E-state index in [2.05, 4.69) is 20.5 Å². The quantitative estimate of drug-likeness (QED) is 0.431. The molecule has 3 heterocycles. The smallest absolute Gasteiger partial charge is 0.233 e. The molecular formula is C17H16N6OS3. The highest BCUT2D eigenvalue weighted by Gasteiger charge is 2.15. The number of amides is 1. The standard InChI is InChI=1S/C17H16N6OS3/c1-22(10-15-18-13-6-2-3-7-14(13)27-15)16(24)11-26-17-19-20-21-23(17)9-12-5-4-8-25-12/h2-8H,9-11H2,1H3. The van der Waals surface area contributed by atoms with Gasteiger partial charge < -0.3 is 4.90 Å². The molecule has 0 aliphatic rings. The molecule has 0 bridgehead atoms. The van der Waals surface area contributed by atoms with Crippen molar-refractivity contribution in [2.45, 2.75) is 18.2 Å². The highest BCUT2D eigenvalue weighted by atomic mass is 32.2. The molecule has 138 valence electrons. The molecule has 0 spiro atoms. The van der Waals surface area contributed by atoms with Gasteiger partial charge in [0.05, 0.1) is 29.1 Å². The average Bonchev–Trinajstić information content (AvgIpc) is 3.40. The van der Waals surface area contributed by atoms with E-state index in [9.17, 15) is 4.79 Å². The van der Waals surface area contributed by atoms with Crippen LogP contribution in [0.4, 0.5) is 0 Å². The number of thiophene rings is 1. The topological polar surface area (TPSA) is 76.8 Å². The van der Waals surface area contributed by atoms with Gasteiger partial charge in [-0.1, -0.05) is 30.0 Å². The Morgan fingerprint density at radius 2 is 2.15 bits per heavy atom. The van der Waals surface area contributed by atoms with Gasteiger partial charge in [0, 0.05) is 11.9 Å². The second-order valence-corrected chi connectivity index (χ2v) is 8.90. The molecule has 1 amide bonds. The van der Waals surface area contributed by atoms with Gasteiger partial charge in [-0.05, 0) is 34.0 Å². The van der Waals surface area contributed by atoms with Crippen LogP contribution in [0, 0.1) is 0 Å². The van der Waals surface area contributed by atoms with Crippen molar-refractivity contribution in [3.05, 3.63) is 51.7 Å². The maximum Gasteiger partial charge on any atom is 0.233 e. The minimum Gasteiger partial charge on any atom is -0.338 e. The van der Waals surface area contributed by atoms with Gasteiger partial charge in [0.15, 0.2) is 0 Å². The van der Waals surface area contributed by atoms with Crippen LogP contribution >= 0.6 is 34.4 Å². The molecule has 7 nitrogen and oxygen atoms in total. The summed E-state index contributed by atoms with van der Waals surface area (Å²) in [6.45, 7) is 1.11. The predicted octanol–water partition coefficient (Wildman–Crippen LogP) is 3.14. The summed E-state index contributed by atoms with van der Waals surface area (Å²) in [5, 5.41) is 15.4. The first kappa shape index (κ1) is 18.1. The number of fused-ring (bicyclic) bond motifs is 1. The van der Waals surface area contributed by atoms with Crippen LogP contribution in [0.25, 0.3) is 10.2 Å². The fraction of sp³-hybridized carbons (Fsp3) is 0.235.